The molecular formula is C58H87N17O14. The summed E-state index contributed by atoms with van der Waals surface area (Å²) in [6, 6.07) is 3.82. The molecule has 1 fully saturated rings. The summed E-state index contributed by atoms with van der Waals surface area (Å²) >= 11 is 0. The van der Waals surface area contributed by atoms with Crippen molar-refractivity contribution < 1.29 is 63.0 Å². The number of amides is 11. The van der Waals surface area contributed by atoms with Gasteiger partial charge in [0, 0.05) is 37.5 Å². The van der Waals surface area contributed by atoms with Crippen LogP contribution in [0.1, 0.15) is 82.1 Å². The van der Waals surface area contributed by atoms with Gasteiger partial charge in [0.05, 0.1) is 17.8 Å². The van der Waals surface area contributed by atoms with Gasteiger partial charge in [-0.2, -0.15) is 0 Å². The minimum Gasteiger partial charge on any atom is -0.391 e. The maximum atomic E-state index is 14.5. The number of rotatable bonds is 24. The zero-order chi connectivity index (χ0) is 65.9. The van der Waals surface area contributed by atoms with Gasteiger partial charge in [0.15, 0.2) is 0 Å². The van der Waals surface area contributed by atoms with Gasteiger partial charge in [0.1, 0.15) is 60.4 Å². The SMILES string of the molecule is CC(C)C[C@@H]1NC(=O)[C@H](Cc2ccccc2)NC(=O)[C@H](CCN)NC(=O)[C@@H](NC(=O)[C@H](CN)NC(=O)[C@@H](NC(=O)[C@H](CCN)NC(=O)c2ccc(=O)n(-c3ccccc3)c2)[C@@H](C)O)CCNC(=O)[C@H]([C@@H](C)O)NC(=O)[C@H](CCN)NC(=O)[C@H](CCN)NC1=O. The molecule has 1 aliphatic heterocycles. The lowest BCUT2D eigenvalue weighted by atomic mass is 10.00. The van der Waals surface area contributed by atoms with Crippen molar-refractivity contribution in [1.29, 1.82) is 0 Å². The number of hydrogen-bond acceptors (Lipinski definition) is 19. The van der Waals surface area contributed by atoms with E-state index in [0.717, 1.165) is 13.0 Å². The summed E-state index contributed by atoms with van der Waals surface area (Å²) < 4.78 is 1.22. The van der Waals surface area contributed by atoms with Crippen molar-refractivity contribution in [1.82, 2.24) is 63.1 Å². The number of nitrogens with zero attached hydrogens (tertiary/aromatic N) is 1. The van der Waals surface area contributed by atoms with Crippen LogP contribution in [0.2, 0.25) is 0 Å². The van der Waals surface area contributed by atoms with Crippen molar-refractivity contribution in [2.45, 2.75) is 145 Å². The van der Waals surface area contributed by atoms with Crippen LogP contribution in [-0.2, 0) is 54.4 Å². The Bertz CT molecular complexity index is 2950. The first-order valence-electron chi connectivity index (χ1n) is 29.4. The molecule has 0 radical (unpaired) electrons. The summed E-state index contributed by atoms with van der Waals surface area (Å²) in [4.78, 5) is 167. The van der Waals surface area contributed by atoms with Gasteiger partial charge in [-0.3, -0.25) is 62.1 Å². The van der Waals surface area contributed by atoms with Crippen molar-refractivity contribution in [3.05, 3.63) is 100 Å². The van der Waals surface area contributed by atoms with Crippen LogP contribution in [0, 0.1) is 5.92 Å². The van der Waals surface area contributed by atoms with Crippen molar-refractivity contribution >= 4 is 65.0 Å². The third-order valence-corrected chi connectivity index (χ3v) is 14.2. The Morgan fingerprint density at radius 3 is 1.61 bits per heavy atom. The average molecular weight is 1250 g/mol. The van der Waals surface area contributed by atoms with Crippen LogP contribution in [0.15, 0.2) is 83.8 Å². The highest BCUT2D eigenvalue weighted by atomic mass is 16.3. The summed E-state index contributed by atoms with van der Waals surface area (Å²) in [7, 11) is 0. The van der Waals surface area contributed by atoms with E-state index < -0.39 is 163 Å². The van der Waals surface area contributed by atoms with Crippen molar-refractivity contribution in [2.75, 3.05) is 39.3 Å². The smallest absolute Gasteiger partial charge is 0.255 e. The summed E-state index contributed by atoms with van der Waals surface area (Å²) in [5.74, 6) is -10.9. The zero-order valence-corrected chi connectivity index (χ0v) is 50.3. The van der Waals surface area contributed by atoms with E-state index in [4.69, 9.17) is 28.7 Å². The molecule has 2 aromatic carbocycles. The van der Waals surface area contributed by atoms with Gasteiger partial charge in [0.25, 0.3) is 11.5 Å². The summed E-state index contributed by atoms with van der Waals surface area (Å²) in [6.07, 6.45) is -3.36. The topological polar surface area (TPSA) is 513 Å². The Morgan fingerprint density at radius 2 is 1.08 bits per heavy atom. The Balaban J connectivity index is 1.68. The number of benzene rings is 2. The Morgan fingerprint density at radius 1 is 0.562 bits per heavy atom. The van der Waals surface area contributed by atoms with Crippen LogP contribution in [0.4, 0.5) is 0 Å². The van der Waals surface area contributed by atoms with Crippen molar-refractivity contribution in [3.63, 3.8) is 0 Å². The summed E-state index contributed by atoms with van der Waals surface area (Å²) in [6.45, 7) is 4.06. The predicted octanol–water partition coefficient (Wildman–Crippen LogP) is -6.78. The van der Waals surface area contributed by atoms with Gasteiger partial charge >= 0.3 is 0 Å². The Kier molecular flexibility index (Phi) is 29.9. The third-order valence-electron chi connectivity index (χ3n) is 14.2. The number of carbonyl (C=O) groups excluding carboxylic acids is 11. The number of nitrogens with two attached hydrogens (primary N) is 5. The molecule has 12 atom stereocenters. The summed E-state index contributed by atoms with van der Waals surface area (Å²) in [5, 5.41) is 49.2. The first-order valence-corrected chi connectivity index (χ1v) is 29.4. The highest BCUT2D eigenvalue weighted by Crippen LogP contribution is 2.12. The fourth-order valence-electron chi connectivity index (χ4n) is 9.32. The van der Waals surface area contributed by atoms with E-state index in [1.807, 2.05) is 0 Å². The number of hydrogen-bond donors (Lipinski definition) is 18. The molecule has 1 aliphatic rings. The number of aliphatic hydroxyl groups is 2. The molecule has 31 heteroatoms. The van der Waals surface area contributed by atoms with Gasteiger partial charge < -0.3 is 97.4 Å². The fourth-order valence-corrected chi connectivity index (χ4v) is 9.32. The Hall–Kier alpha value is -8.72. The molecule has 89 heavy (non-hydrogen) atoms. The zero-order valence-electron chi connectivity index (χ0n) is 50.3. The monoisotopic (exact) mass is 1250 g/mol. The van der Waals surface area contributed by atoms with E-state index in [2.05, 4.69) is 58.5 Å². The van der Waals surface area contributed by atoms with Crippen molar-refractivity contribution in [3.8, 4) is 5.69 Å². The first-order chi connectivity index (χ1) is 42.3. The minimum atomic E-state index is -1.82. The number of aromatic nitrogens is 1. The molecule has 31 nitrogen and oxygen atoms in total. The molecule has 2 heterocycles. The molecular weight excluding hydrogens is 1160 g/mol. The van der Waals surface area contributed by atoms with Gasteiger partial charge in [0.2, 0.25) is 59.1 Å². The van der Waals surface area contributed by atoms with Crippen LogP contribution in [0.5, 0.6) is 0 Å². The second kappa shape index (κ2) is 36.6. The molecule has 0 saturated carbocycles. The van der Waals surface area contributed by atoms with E-state index >= 15 is 0 Å². The quantitative estimate of drug-likeness (QED) is 0.0396. The molecule has 488 valence electrons. The van der Waals surface area contributed by atoms with Gasteiger partial charge in [-0.25, -0.2) is 0 Å². The van der Waals surface area contributed by atoms with E-state index in [0.29, 0.717) is 11.3 Å². The highest BCUT2D eigenvalue weighted by Gasteiger charge is 2.38. The lowest BCUT2D eigenvalue weighted by Gasteiger charge is -2.28. The standard InChI is InChI=1S/C58H87N17O14/c1-31(2)27-42-54(85)68-37(17-22-59)49(80)67-40(20-25-62)53(84)73-46(32(3)76)57(88)64-26-21-41(51(82)66-38(18-23-60)50(81)71-43(55(86)70-42)28-34-11-7-5-8-12-34)69-56(87)44(29-63)72-58(89)47(33(4)77)74-52(83)39(19-24-61)65-48(79)35-15-16-45(78)75(30-35)36-13-9-6-10-14-36/h5-16,30-33,37-44,46-47,76-77H,17-29,59-63H2,1-4H3,(H,64,88)(H,65,79)(H,66,82)(H,67,80)(H,68,85)(H,69,87)(H,70,86)(H,71,81)(H,72,89)(H,73,84)(H,74,83)/t32-,33-,37+,38+,39+,40+,41+,42+,43+,44+,46+,47+/m1/s1. The molecule has 4 rings (SSSR count). The molecule has 11 amide bonds. The van der Waals surface area contributed by atoms with E-state index in [9.17, 15) is 67.7 Å². The van der Waals surface area contributed by atoms with Crippen molar-refractivity contribution in [2.24, 2.45) is 34.6 Å². The van der Waals surface area contributed by atoms with Crippen LogP contribution >= 0.6 is 0 Å². The average Bonchev–Trinajstić information content (AvgIpc) is 3.66. The van der Waals surface area contributed by atoms with E-state index in [-0.39, 0.29) is 76.2 Å². The van der Waals surface area contributed by atoms with Crippen LogP contribution in [-0.4, -0.2) is 192 Å². The number of aliphatic hydroxyl groups excluding tert-OH is 2. The molecule has 0 bridgehead atoms. The van der Waals surface area contributed by atoms with Gasteiger partial charge in [-0.15, -0.1) is 0 Å². The fraction of sp³-hybridized carbons (Fsp3) is 0.517. The molecule has 23 N–H and O–H groups in total. The maximum Gasteiger partial charge on any atom is 0.255 e. The van der Waals surface area contributed by atoms with Crippen LogP contribution in [0.25, 0.3) is 5.69 Å². The lowest BCUT2D eigenvalue weighted by molar-refractivity contribution is -0.136. The molecule has 0 spiro atoms. The number of nitrogens with one attached hydrogen (secondary N) is 11. The predicted molar refractivity (Wildman–Crippen MR) is 325 cm³/mol. The third kappa shape index (κ3) is 22.7. The van der Waals surface area contributed by atoms with Crippen LogP contribution < -0.4 is 92.7 Å². The molecule has 0 unspecified atom stereocenters. The van der Waals surface area contributed by atoms with Gasteiger partial charge in [-0.1, -0.05) is 62.4 Å². The summed E-state index contributed by atoms with van der Waals surface area (Å²) in [5.41, 5.74) is 30.0. The Labute approximate surface area is 514 Å². The second-order valence-corrected chi connectivity index (χ2v) is 21.8. The normalized spacial score (nSPS) is 21.9. The molecule has 0 aliphatic carbocycles. The van der Waals surface area contributed by atoms with E-state index in [1.165, 1.54) is 23.8 Å². The lowest BCUT2D eigenvalue weighted by Crippen LogP contribution is -2.63. The minimum absolute atomic E-state index is 0.0200. The van der Waals surface area contributed by atoms with E-state index in [1.54, 1.807) is 74.5 Å². The maximum absolute atomic E-state index is 14.5. The number of pyridine rings is 1. The molecule has 3 aromatic rings. The first kappa shape index (κ1) is 72.8. The second-order valence-electron chi connectivity index (χ2n) is 21.8. The largest absolute Gasteiger partial charge is 0.391 e. The van der Waals surface area contributed by atoms with Crippen LogP contribution in [0.3, 0.4) is 0 Å². The molecule has 1 aromatic heterocycles. The molecule has 1 saturated heterocycles. The number of carbonyl (C=O) groups is 11. The number of para-hydroxylation sites is 1. The highest BCUT2D eigenvalue weighted by molar-refractivity contribution is 6.00. The van der Waals surface area contributed by atoms with Gasteiger partial charge in [-0.05, 0) is 108 Å².